The van der Waals surface area contributed by atoms with Crippen molar-refractivity contribution in [1.82, 2.24) is 4.98 Å². The van der Waals surface area contributed by atoms with Crippen LogP contribution in [-0.4, -0.2) is 4.98 Å². The summed E-state index contributed by atoms with van der Waals surface area (Å²) in [6.07, 6.45) is 1.74. The summed E-state index contributed by atoms with van der Waals surface area (Å²) in [6, 6.07) is 6.26. The highest BCUT2D eigenvalue weighted by Crippen LogP contribution is 2.23. The standard InChI is InChI=1S/C12H13NO/c1-8-4-5-11(9(2)6-8)12-13-7-10(3)14-12/h4-7H,1-3H3. The number of hydrogen-bond donors (Lipinski definition) is 0. The van der Waals surface area contributed by atoms with E-state index in [4.69, 9.17) is 4.42 Å². The lowest BCUT2D eigenvalue weighted by Gasteiger charge is -2.01. The van der Waals surface area contributed by atoms with Crippen LogP contribution in [0.2, 0.25) is 0 Å². The topological polar surface area (TPSA) is 26.0 Å². The zero-order valence-electron chi connectivity index (χ0n) is 8.66. The number of oxazole rings is 1. The Hall–Kier alpha value is -1.57. The van der Waals surface area contributed by atoms with E-state index in [-0.39, 0.29) is 0 Å². The number of nitrogens with zero attached hydrogens (tertiary/aromatic N) is 1. The molecule has 1 heterocycles. The van der Waals surface area contributed by atoms with Gasteiger partial charge in [0.2, 0.25) is 5.89 Å². The van der Waals surface area contributed by atoms with Gasteiger partial charge >= 0.3 is 0 Å². The molecule has 0 aliphatic carbocycles. The Balaban J connectivity index is 2.52. The normalized spacial score (nSPS) is 10.5. The molecular formula is C12H13NO. The largest absolute Gasteiger partial charge is 0.441 e. The Labute approximate surface area is 83.6 Å². The van der Waals surface area contributed by atoms with Gasteiger partial charge in [-0.25, -0.2) is 4.98 Å². The fourth-order valence-electron chi connectivity index (χ4n) is 1.53. The minimum absolute atomic E-state index is 0.708. The summed E-state index contributed by atoms with van der Waals surface area (Å²) >= 11 is 0. The highest BCUT2D eigenvalue weighted by Gasteiger charge is 2.06. The second-order valence-corrected chi connectivity index (χ2v) is 3.59. The van der Waals surface area contributed by atoms with Gasteiger partial charge < -0.3 is 4.42 Å². The maximum atomic E-state index is 5.48. The van der Waals surface area contributed by atoms with E-state index >= 15 is 0 Å². The van der Waals surface area contributed by atoms with E-state index in [2.05, 4.69) is 37.0 Å². The minimum atomic E-state index is 0.708. The molecule has 0 saturated carbocycles. The fourth-order valence-corrected chi connectivity index (χ4v) is 1.53. The van der Waals surface area contributed by atoms with Crippen LogP contribution < -0.4 is 0 Å². The van der Waals surface area contributed by atoms with Crippen molar-refractivity contribution in [2.45, 2.75) is 20.8 Å². The summed E-state index contributed by atoms with van der Waals surface area (Å²) in [5, 5.41) is 0. The first kappa shape index (κ1) is 9.00. The van der Waals surface area contributed by atoms with Crippen LogP contribution in [0.1, 0.15) is 16.9 Å². The highest BCUT2D eigenvalue weighted by molar-refractivity contribution is 5.58. The van der Waals surface area contributed by atoms with Gasteiger partial charge in [0.15, 0.2) is 0 Å². The zero-order chi connectivity index (χ0) is 10.1. The Bertz CT molecular complexity index is 457. The first-order valence-corrected chi connectivity index (χ1v) is 4.67. The molecule has 0 radical (unpaired) electrons. The molecule has 0 saturated heterocycles. The molecule has 0 aliphatic rings. The van der Waals surface area contributed by atoms with Gasteiger partial charge in [0.1, 0.15) is 5.76 Å². The molecule has 2 rings (SSSR count). The van der Waals surface area contributed by atoms with Crippen LogP contribution in [0.25, 0.3) is 11.5 Å². The number of rotatable bonds is 1. The molecule has 2 heteroatoms. The van der Waals surface area contributed by atoms with Crippen molar-refractivity contribution in [3.8, 4) is 11.5 Å². The van der Waals surface area contributed by atoms with Crippen molar-refractivity contribution in [3.05, 3.63) is 41.3 Å². The van der Waals surface area contributed by atoms with Crippen LogP contribution in [0.4, 0.5) is 0 Å². The summed E-state index contributed by atoms with van der Waals surface area (Å²) < 4.78 is 5.48. The van der Waals surface area contributed by atoms with Crippen LogP contribution in [0.5, 0.6) is 0 Å². The van der Waals surface area contributed by atoms with Gasteiger partial charge in [-0.1, -0.05) is 17.7 Å². The van der Waals surface area contributed by atoms with Gasteiger partial charge in [0.25, 0.3) is 0 Å². The third-order valence-electron chi connectivity index (χ3n) is 2.23. The van der Waals surface area contributed by atoms with E-state index in [9.17, 15) is 0 Å². The average Bonchev–Trinajstić information content (AvgIpc) is 2.51. The maximum Gasteiger partial charge on any atom is 0.226 e. The molecule has 2 nitrogen and oxygen atoms in total. The summed E-state index contributed by atoms with van der Waals surface area (Å²) in [4.78, 5) is 4.21. The minimum Gasteiger partial charge on any atom is -0.441 e. The van der Waals surface area contributed by atoms with Crippen LogP contribution in [0.15, 0.2) is 28.8 Å². The van der Waals surface area contributed by atoms with Crippen molar-refractivity contribution >= 4 is 0 Å². The first-order chi connectivity index (χ1) is 6.66. The number of aromatic nitrogens is 1. The van der Waals surface area contributed by atoms with Gasteiger partial charge in [-0.3, -0.25) is 0 Å². The van der Waals surface area contributed by atoms with Gasteiger partial charge in [-0.2, -0.15) is 0 Å². The van der Waals surface area contributed by atoms with E-state index in [0.29, 0.717) is 5.89 Å². The number of hydrogen-bond acceptors (Lipinski definition) is 2. The maximum absolute atomic E-state index is 5.48. The molecular weight excluding hydrogens is 174 g/mol. The molecule has 0 atom stereocenters. The first-order valence-electron chi connectivity index (χ1n) is 4.67. The molecule has 0 aliphatic heterocycles. The average molecular weight is 187 g/mol. The van der Waals surface area contributed by atoms with Crippen LogP contribution in [-0.2, 0) is 0 Å². The Morgan fingerprint density at radius 2 is 1.93 bits per heavy atom. The molecule has 0 N–H and O–H groups in total. The van der Waals surface area contributed by atoms with Crippen molar-refractivity contribution in [3.63, 3.8) is 0 Å². The smallest absolute Gasteiger partial charge is 0.226 e. The quantitative estimate of drug-likeness (QED) is 0.684. The van der Waals surface area contributed by atoms with Gasteiger partial charge in [-0.15, -0.1) is 0 Å². The van der Waals surface area contributed by atoms with E-state index in [1.54, 1.807) is 6.20 Å². The summed E-state index contributed by atoms with van der Waals surface area (Å²) in [6.45, 7) is 6.06. The molecule has 1 aromatic carbocycles. The van der Waals surface area contributed by atoms with Crippen LogP contribution >= 0.6 is 0 Å². The Morgan fingerprint density at radius 3 is 2.50 bits per heavy atom. The van der Waals surface area contributed by atoms with Crippen LogP contribution in [0, 0.1) is 20.8 Å². The Morgan fingerprint density at radius 1 is 1.14 bits per heavy atom. The predicted octanol–water partition coefficient (Wildman–Crippen LogP) is 3.27. The number of benzene rings is 1. The molecule has 72 valence electrons. The van der Waals surface area contributed by atoms with Crippen LogP contribution in [0.3, 0.4) is 0 Å². The molecule has 0 amide bonds. The van der Waals surface area contributed by atoms with E-state index in [1.165, 1.54) is 11.1 Å². The molecule has 1 aromatic heterocycles. The lowest BCUT2D eigenvalue weighted by Crippen LogP contribution is -1.84. The summed E-state index contributed by atoms with van der Waals surface area (Å²) in [5.74, 6) is 1.56. The molecule has 0 fully saturated rings. The highest BCUT2D eigenvalue weighted by atomic mass is 16.4. The monoisotopic (exact) mass is 187 g/mol. The lowest BCUT2D eigenvalue weighted by atomic mass is 10.1. The van der Waals surface area contributed by atoms with Crippen molar-refractivity contribution in [2.75, 3.05) is 0 Å². The third kappa shape index (κ3) is 1.55. The molecule has 14 heavy (non-hydrogen) atoms. The van der Waals surface area contributed by atoms with Crippen molar-refractivity contribution < 1.29 is 4.42 Å². The summed E-state index contributed by atoms with van der Waals surface area (Å²) in [5.41, 5.74) is 3.53. The summed E-state index contributed by atoms with van der Waals surface area (Å²) in [7, 11) is 0. The fraction of sp³-hybridized carbons (Fsp3) is 0.250. The molecule has 2 aromatic rings. The lowest BCUT2D eigenvalue weighted by molar-refractivity contribution is 0.542. The second-order valence-electron chi connectivity index (χ2n) is 3.59. The van der Waals surface area contributed by atoms with Gasteiger partial charge in [0, 0.05) is 5.56 Å². The van der Waals surface area contributed by atoms with Gasteiger partial charge in [-0.05, 0) is 32.4 Å². The Kier molecular flexibility index (Phi) is 2.12. The zero-order valence-corrected chi connectivity index (χ0v) is 8.66. The third-order valence-corrected chi connectivity index (χ3v) is 2.23. The molecule has 0 spiro atoms. The molecule has 0 unspecified atom stereocenters. The van der Waals surface area contributed by atoms with E-state index < -0.39 is 0 Å². The van der Waals surface area contributed by atoms with Gasteiger partial charge in [0.05, 0.1) is 6.20 Å². The molecule has 0 bridgehead atoms. The SMILES string of the molecule is Cc1ccc(-c2ncc(C)o2)c(C)c1. The van der Waals surface area contributed by atoms with E-state index in [0.717, 1.165) is 11.3 Å². The van der Waals surface area contributed by atoms with E-state index in [1.807, 2.05) is 6.92 Å². The van der Waals surface area contributed by atoms with Crippen molar-refractivity contribution in [2.24, 2.45) is 0 Å². The van der Waals surface area contributed by atoms with Crippen molar-refractivity contribution in [1.29, 1.82) is 0 Å². The number of aryl methyl sites for hydroxylation is 3. The second kappa shape index (κ2) is 3.29. The predicted molar refractivity (Wildman–Crippen MR) is 56.2 cm³/mol.